The van der Waals surface area contributed by atoms with Gasteiger partial charge in [-0.25, -0.2) is 4.98 Å². The van der Waals surface area contributed by atoms with Gasteiger partial charge < -0.3 is 20.1 Å². The topological polar surface area (TPSA) is 88.0 Å². The van der Waals surface area contributed by atoms with Gasteiger partial charge in [-0.05, 0) is 59.9 Å². The summed E-state index contributed by atoms with van der Waals surface area (Å²) in [5, 5.41) is 19.2. The lowest BCUT2D eigenvalue weighted by molar-refractivity contribution is -0.274. The summed E-state index contributed by atoms with van der Waals surface area (Å²) in [6, 6.07) is 9.92. The van der Waals surface area contributed by atoms with Crippen LogP contribution >= 0.6 is 0 Å². The molecule has 10 heteroatoms. The Morgan fingerprint density at radius 3 is 2.51 bits per heavy atom. The predicted octanol–water partition coefficient (Wildman–Crippen LogP) is 5.47. The maximum atomic E-state index is 12.4. The number of allylic oxidation sites excluding steroid dienone is 4. The van der Waals surface area contributed by atoms with Crippen LogP contribution in [0.2, 0.25) is 0 Å². The number of nitrogens with one attached hydrogen (secondary N) is 2. The molecule has 0 bridgehead atoms. The van der Waals surface area contributed by atoms with Gasteiger partial charge in [-0.2, -0.15) is 5.10 Å². The van der Waals surface area contributed by atoms with Crippen molar-refractivity contribution in [1.29, 1.82) is 0 Å². The van der Waals surface area contributed by atoms with E-state index in [0.29, 0.717) is 23.6 Å². The summed E-state index contributed by atoms with van der Waals surface area (Å²) < 4.78 is 42.9. The Bertz CT molecular complexity index is 1540. The van der Waals surface area contributed by atoms with Gasteiger partial charge in [0.25, 0.3) is 0 Å². The van der Waals surface area contributed by atoms with Crippen LogP contribution < -0.4 is 10.1 Å². The second-order valence-electron chi connectivity index (χ2n) is 9.68. The lowest BCUT2D eigenvalue weighted by Crippen LogP contribution is -2.21. The Morgan fingerprint density at radius 1 is 1.11 bits per heavy atom. The molecule has 0 radical (unpaired) electrons. The summed E-state index contributed by atoms with van der Waals surface area (Å²) in [6.07, 6.45) is 1.67. The molecule has 37 heavy (non-hydrogen) atoms. The van der Waals surface area contributed by atoms with E-state index in [1.54, 1.807) is 23.9 Å². The lowest BCUT2D eigenvalue weighted by Gasteiger charge is -2.26. The number of hydrogen-bond acceptors (Lipinski definition) is 5. The monoisotopic (exact) mass is 507 g/mol. The molecule has 190 valence electrons. The van der Waals surface area contributed by atoms with Crippen molar-refractivity contribution in [2.75, 3.05) is 0 Å². The number of nitrogens with zero attached hydrogens (tertiary/aromatic N) is 3. The molecule has 2 aliphatic rings. The largest absolute Gasteiger partial charge is 0.573 e. The van der Waals surface area contributed by atoms with E-state index in [1.165, 1.54) is 23.3 Å². The van der Waals surface area contributed by atoms with Gasteiger partial charge in [-0.1, -0.05) is 30.4 Å². The van der Waals surface area contributed by atoms with Gasteiger partial charge in [0.15, 0.2) is 11.6 Å². The molecule has 4 aromatic rings. The predicted molar refractivity (Wildman–Crippen MR) is 133 cm³/mol. The van der Waals surface area contributed by atoms with E-state index in [2.05, 4.69) is 32.3 Å². The first kappa shape index (κ1) is 23.4. The van der Waals surface area contributed by atoms with E-state index in [1.807, 2.05) is 25.2 Å². The normalized spacial score (nSPS) is 19.3. The van der Waals surface area contributed by atoms with E-state index in [-0.39, 0.29) is 11.5 Å². The average molecular weight is 508 g/mol. The van der Waals surface area contributed by atoms with Crippen molar-refractivity contribution >= 4 is 16.6 Å². The first-order chi connectivity index (χ1) is 17.6. The van der Waals surface area contributed by atoms with Gasteiger partial charge in [-0.3, -0.25) is 4.68 Å². The second-order valence-corrected chi connectivity index (χ2v) is 9.68. The molecule has 7 nitrogen and oxygen atoms in total. The fourth-order valence-electron chi connectivity index (χ4n) is 5.05. The molecular weight excluding hydrogens is 483 g/mol. The van der Waals surface area contributed by atoms with Gasteiger partial charge in [-0.15, -0.1) is 13.2 Å². The van der Waals surface area contributed by atoms with Gasteiger partial charge in [0, 0.05) is 25.6 Å². The van der Waals surface area contributed by atoms with Crippen LogP contribution in [0.4, 0.5) is 13.2 Å². The molecule has 3 N–H and O–H groups in total. The Balaban J connectivity index is 1.27. The molecule has 0 fully saturated rings. The summed E-state index contributed by atoms with van der Waals surface area (Å²) in [5.74, 6) is 0.346. The zero-order valence-electron chi connectivity index (χ0n) is 20.1. The van der Waals surface area contributed by atoms with Crippen molar-refractivity contribution < 1.29 is 23.0 Å². The summed E-state index contributed by atoms with van der Waals surface area (Å²) in [5.41, 5.74) is 6.29. The van der Waals surface area contributed by atoms with Crippen molar-refractivity contribution in [3.63, 3.8) is 0 Å². The number of alkyl halides is 3. The third-order valence-corrected chi connectivity index (χ3v) is 7.02. The van der Waals surface area contributed by atoms with Crippen molar-refractivity contribution in [2.45, 2.75) is 38.2 Å². The summed E-state index contributed by atoms with van der Waals surface area (Å²) in [6.45, 7) is 3.63. The highest BCUT2D eigenvalue weighted by Gasteiger charge is 2.34. The van der Waals surface area contributed by atoms with E-state index in [4.69, 9.17) is 4.98 Å². The Morgan fingerprint density at radius 2 is 1.84 bits per heavy atom. The number of aromatic amines is 1. The number of ether oxygens (including phenoxy) is 1. The van der Waals surface area contributed by atoms with E-state index < -0.39 is 11.8 Å². The summed E-state index contributed by atoms with van der Waals surface area (Å²) >= 11 is 0. The van der Waals surface area contributed by atoms with E-state index in [9.17, 15) is 18.3 Å². The first-order valence-corrected chi connectivity index (χ1v) is 11.8. The fraction of sp³-hybridized carbons (Fsp3) is 0.259. The Kier molecular flexibility index (Phi) is 5.20. The number of aromatic hydroxyl groups is 1. The highest BCUT2D eigenvalue weighted by Crippen LogP contribution is 2.43. The number of H-pyrrole nitrogens is 1. The van der Waals surface area contributed by atoms with Crippen LogP contribution in [0.3, 0.4) is 0 Å². The van der Waals surface area contributed by atoms with Crippen molar-refractivity contribution in [3.8, 4) is 23.0 Å². The number of fused-ring (bicyclic) bond motifs is 2. The number of rotatable bonds is 4. The zero-order chi connectivity index (χ0) is 25.9. The summed E-state index contributed by atoms with van der Waals surface area (Å²) in [7, 11) is 1.78. The molecule has 2 aromatic carbocycles. The minimum Gasteiger partial charge on any atom is -0.504 e. The third kappa shape index (κ3) is 4.17. The number of aromatic nitrogens is 4. The molecule has 1 atom stereocenters. The van der Waals surface area contributed by atoms with Gasteiger partial charge >= 0.3 is 6.36 Å². The fourth-order valence-corrected chi connectivity index (χ4v) is 5.05. The molecule has 0 saturated carbocycles. The SMILES string of the molecule is Cn1nc(C2(C)C=CC(c3ccc(OC(F)(F)F)cc3)=CC2)c(O)c1-c1nc2cc3c(cc2[nH]1)CNC3. The molecule has 0 saturated heterocycles. The second kappa shape index (κ2) is 8.24. The van der Waals surface area contributed by atoms with Crippen LogP contribution in [0.5, 0.6) is 11.5 Å². The number of halogens is 3. The van der Waals surface area contributed by atoms with Gasteiger partial charge in [0.1, 0.15) is 17.1 Å². The minimum atomic E-state index is -4.73. The maximum absolute atomic E-state index is 12.4. The van der Waals surface area contributed by atoms with Crippen LogP contribution in [-0.4, -0.2) is 31.2 Å². The molecule has 0 spiro atoms. The molecular formula is C27H24F3N5O2. The van der Waals surface area contributed by atoms with Gasteiger partial charge in [0.2, 0.25) is 0 Å². The third-order valence-electron chi connectivity index (χ3n) is 7.02. The Hall–Kier alpha value is -4.05. The zero-order valence-corrected chi connectivity index (χ0v) is 20.1. The number of benzene rings is 2. The van der Waals surface area contributed by atoms with Crippen LogP contribution in [0.15, 0.2) is 54.6 Å². The van der Waals surface area contributed by atoms with Crippen LogP contribution in [0, 0.1) is 0 Å². The van der Waals surface area contributed by atoms with E-state index >= 15 is 0 Å². The lowest BCUT2D eigenvalue weighted by atomic mass is 9.78. The minimum absolute atomic E-state index is 0.0633. The highest BCUT2D eigenvalue weighted by molar-refractivity contribution is 5.82. The highest BCUT2D eigenvalue weighted by atomic mass is 19.4. The van der Waals surface area contributed by atoms with Gasteiger partial charge in [0.05, 0.1) is 11.0 Å². The van der Waals surface area contributed by atoms with Crippen LogP contribution in [0.1, 0.15) is 35.7 Å². The Labute approximate surface area is 210 Å². The number of imidazole rings is 1. The number of aryl methyl sites for hydroxylation is 1. The van der Waals surface area contributed by atoms with E-state index in [0.717, 1.165) is 35.3 Å². The van der Waals surface area contributed by atoms with Crippen LogP contribution in [-0.2, 0) is 25.6 Å². The maximum Gasteiger partial charge on any atom is 0.573 e. The molecule has 6 rings (SSSR count). The quantitative estimate of drug-likeness (QED) is 0.341. The molecule has 1 aliphatic heterocycles. The smallest absolute Gasteiger partial charge is 0.504 e. The summed E-state index contributed by atoms with van der Waals surface area (Å²) in [4.78, 5) is 8.06. The average Bonchev–Trinajstić information content (AvgIpc) is 3.54. The molecule has 1 aliphatic carbocycles. The van der Waals surface area contributed by atoms with Crippen LogP contribution in [0.25, 0.3) is 28.1 Å². The molecule has 3 heterocycles. The standard InChI is InChI=1S/C27H24F3N5O2/c1-26(9-7-16(8-10-26)15-3-5-19(6-4-15)37-27(28,29)30)24-23(36)22(35(2)34-24)25-32-20-11-17-13-31-14-18(17)12-21(20)33-25/h3-9,11-12,31,36H,10,13-14H2,1-2H3,(H,32,33). The van der Waals surface area contributed by atoms with Crippen molar-refractivity contribution in [3.05, 3.63) is 77.0 Å². The molecule has 0 amide bonds. The number of hydrogen-bond donors (Lipinski definition) is 3. The van der Waals surface area contributed by atoms with Crippen molar-refractivity contribution in [2.24, 2.45) is 7.05 Å². The molecule has 2 aromatic heterocycles. The molecule has 1 unspecified atom stereocenters. The first-order valence-electron chi connectivity index (χ1n) is 11.8. The van der Waals surface area contributed by atoms with Crippen molar-refractivity contribution in [1.82, 2.24) is 25.1 Å².